The zero-order chi connectivity index (χ0) is 18.1. The minimum atomic E-state index is -0.118. The molecule has 26 heavy (non-hydrogen) atoms. The molecule has 7 heteroatoms. The number of rotatable bonds is 4. The molecule has 0 saturated carbocycles. The molecule has 0 aliphatic carbocycles. The first-order chi connectivity index (χ1) is 12.6. The molecule has 0 saturated heterocycles. The molecular weight excluding hydrogens is 412 g/mol. The summed E-state index contributed by atoms with van der Waals surface area (Å²) in [5, 5.41) is 1.34. The van der Waals surface area contributed by atoms with Gasteiger partial charge in [0.2, 0.25) is 0 Å². The van der Waals surface area contributed by atoms with Crippen molar-refractivity contribution in [1.29, 1.82) is 0 Å². The molecule has 0 radical (unpaired) electrons. The number of thioether (sulfide) groups is 1. The van der Waals surface area contributed by atoms with E-state index in [2.05, 4.69) is 35.9 Å². The van der Waals surface area contributed by atoms with Gasteiger partial charge < -0.3 is 9.97 Å². The third-order valence-corrected chi connectivity index (χ3v) is 5.55. The second-order valence-corrected chi connectivity index (χ2v) is 8.08. The fourth-order valence-corrected chi connectivity index (χ4v) is 3.76. The topological polar surface area (TPSA) is 74.4 Å². The van der Waals surface area contributed by atoms with E-state index in [9.17, 15) is 4.79 Å². The van der Waals surface area contributed by atoms with E-state index in [0.29, 0.717) is 16.7 Å². The summed E-state index contributed by atoms with van der Waals surface area (Å²) in [7, 11) is 0. The molecule has 0 spiro atoms. The summed E-state index contributed by atoms with van der Waals surface area (Å²) >= 11 is 4.96. The molecule has 2 N–H and O–H groups in total. The number of para-hydroxylation sites is 1. The van der Waals surface area contributed by atoms with Crippen LogP contribution in [0.3, 0.4) is 0 Å². The molecule has 0 amide bonds. The first kappa shape index (κ1) is 17.1. The molecule has 1 unspecified atom stereocenters. The first-order valence-electron chi connectivity index (χ1n) is 8.07. The van der Waals surface area contributed by atoms with Crippen molar-refractivity contribution in [2.45, 2.75) is 17.3 Å². The number of H-pyrrole nitrogens is 2. The molecule has 2 heterocycles. The molecule has 0 fully saturated rings. The number of aromatic amines is 2. The SMILES string of the molecule is CC(Sc1ncc(-c2ccc(Br)cc2)[nH]1)c1nc2ccccc2c(=O)[nH]1. The second-order valence-electron chi connectivity index (χ2n) is 5.84. The van der Waals surface area contributed by atoms with Crippen molar-refractivity contribution >= 4 is 38.6 Å². The third kappa shape index (κ3) is 3.45. The highest BCUT2D eigenvalue weighted by Gasteiger charge is 2.14. The van der Waals surface area contributed by atoms with E-state index in [1.54, 1.807) is 6.07 Å². The zero-order valence-corrected chi connectivity index (χ0v) is 16.3. The van der Waals surface area contributed by atoms with Gasteiger partial charge in [0.05, 0.1) is 28.0 Å². The van der Waals surface area contributed by atoms with Crippen LogP contribution in [0.2, 0.25) is 0 Å². The average Bonchev–Trinajstić information content (AvgIpc) is 3.10. The van der Waals surface area contributed by atoms with E-state index in [0.717, 1.165) is 20.9 Å². The Bertz CT molecular complexity index is 1120. The lowest BCUT2D eigenvalue weighted by atomic mass is 10.2. The lowest BCUT2D eigenvalue weighted by Crippen LogP contribution is -2.12. The number of aromatic nitrogens is 4. The Labute approximate surface area is 162 Å². The number of halogens is 1. The summed E-state index contributed by atoms with van der Waals surface area (Å²) in [5.74, 6) is 0.639. The Balaban J connectivity index is 1.58. The predicted octanol–water partition coefficient (Wildman–Crippen LogP) is 4.93. The summed E-state index contributed by atoms with van der Waals surface area (Å²) in [4.78, 5) is 27.5. The highest BCUT2D eigenvalue weighted by Crippen LogP contribution is 2.32. The van der Waals surface area contributed by atoms with Crippen LogP contribution in [-0.2, 0) is 0 Å². The third-order valence-electron chi connectivity index (χ3n) is 4.01. The number of fused-ring (bicyclic) bond motifs is 1. The number of imidazole rings is 1. The highest BCUT2D eigenvalue weighted by atomic mass is 79.9. The van der Waals surface area contributed by atoms with Gasteiger partial charge in [-0.2, -0.15) is 0 Å². The first-order valence-corrected chi connectivity index (χ1v) is 9.74. The lowest BCUT2D eigenvalue weighted by Gasteiger charge is -2.09. The van der Waals surface area contributed by atoms with Gasteiger partial charge in [0.1, 0.15) is 5.82 Å². The molecule has 0 bridgehead atoms. The summed E-state index contributed by atoms with van der Waals surface area (Å²) in [6.45, 7) is 2.00. The lowest BCUT2D eigenvalue weighted by molar-refractivity contribution is 0.913. The van der Waals surface area contributed by atoms with Gasteiger partial charge in [0.15, 0.2) is 5.16 Å². The smallest absolute Gasteiger partial charge is 0.258 e. The van der Waals surface area contributed by atoms with Crippen molar-refractivity contribution in [3.63, 3.8) is 0 Å². The van der Waals surface area contributed by atoms with Gasteiger partial charge in [-0.3, -0.25) is 4.79 Å². The minimum absolute atomic E-state index is 0.0452. The molecule has 2 aromatic carbocycles. The minimum Gasteiger partial charge on any atom is -0.333 e. The van der Waals surface area contributed by atoms with Crippen molar-refractivity contribution in [2.75, 3.05) is 0 Å². The average molecular weight is 427 g/mol. The summed E-state index contributed by atoms with van der Waals surface area (Å²) in [6, 6.07) is 15.4. The highest BCUT2D eigenvalue weighted by molar-refractivity contribution is 9.10. The summed E-state index contributed by atoms with van der Waals surface area (Å²) in [6.07, 6.45) is 1.81. The van der Waals surface area contributed by atoms with Crippen LogP contribution in [0.1, 0.15) is 18.0 Å². The Hall–Kier alpha value is -2.38. The van der Waals surface area contributed by atoms with Crippen LogP contribution in [0.4, 0.5) is 0 Å². The van der Waals surface area contributed by atoms with Crippen LogP contribution in [0.15, 0.2) is 69.2 Å². The molecule has 130 valence electrons. The van der Waals surface area contributed by atoms with Gasteiger partial charge in [-0.25, -0.2) is 9.97 Å². The van der Waals surface area contributed by atoms with Gasteiger partial charge in [0.25, 0.3) is 5.56 Å². The fourth-order valence-electron chi connectivity index (χ4n) is 2.66. The Kier molecular flexibility index (Phi) is 4.65. The number of hydrogen-bond donors (Lipinski definition) is 2. The van der Waals surface area contributed by atoms with Gasteiger partial charge in [-0.15, -0.1) is 0 Å². The molecular formula is C19H15BrN4OS. The Morgan fingerprint density at radius 1 is 1.08 bits per heavy atom. The van der Waals surface area contributed by atoms with Crippen LogP contribution in [0.25, 0.3) is 22.2 Å². The fraction of sp³-hybridized carbons (Fsp3) is 0.105. The molecule has 1 atom stereocenters. The second kappa shape index (κ2) is 7.09. The molecule has 4 rings (SSSR count). The number of benzene rings is 2. The normalized spacial score (nSPS) is 12.4. The van der Waals surface area contributed by atoms with Crippen LogP contribution in [-0.4, -0.2) is 19.9 Å². The van der Waals surface area contributed by atoms with Crippen molar-refractivity contribution in [3.8, 4) is 11.3 Å². The van der Waals surface area contributed by atoms with E-state index in [4.69, 9.17) is 0 Å². The van der Waals surface area contributed by atoms with E-state index in [1.807, 2.05) is 55.6 Å². The predicted molar refractivity (Wildman–Crippen MR) is 108 cm³/mol. The molecule has 5 nitrogen and oxygen atoms in total. The van der Waals surface area contributed by atoms with Crippen LogP contribution in [0.5, 0.6) is 0 Å². The van der Waals surface area contributed by atoms with Crippen LogP contribution >= 0.6 is 27.7 Å². The molecule has 0 aliphatic rings. The maximum absolute atomic E-state index is 12.2. The molecule has 4 aromatic rings. The van der Waals surface area contributed by atoms with E-state index in [1.165, 1.54) is 11.8 Å². The summed E-state index contributed by atoms with van der Waals surface area (Å²) < 4.78 is 1.04. The van der Waals surface area contributed by atoms with Gasteiger partial charge >= 0.3 is 0 Å². The van der Waals surface area contributed by atoms with Crippen molar-refractivity contribution in [1.82, 2.24) is 19.9 Å². The Morgan fingerprint density at radius 3 is 2.65 bits per heavy atom. The largest absolute Gasteiger partial charge is 0.333 e. The maximum Gasteiger partial charge on any atom is 0.258 e. The van der Waals surface area contributed by atoms with E-state index >= 15 is 0 Å². The van der Waals surface area contributed by atoms with Crippen molar-refractivity contribution in [3.05, 3.63) is 75.4 Å². The maximum atomic E-state index is 12.2. The standard InChI is InChI=1S/C19H15BrN4OS/c1-11(17-22-15-5-3-2-4-14(15)18(25)24-17)26-19-21-10-16(23-19)12-6-8-13(20)9-7-12/h2-11H,1H3,(H,21,23)(H,22,24,25). The number of nitrogens with one attached hydrogen (secondary N) is 2. The van der Waals surface area contributed by atoms with Gasteiger partial charge in [0, 0.05) is 4.47 Å². The molecule has 0 aliphatic heterocycles. The van der Waals surface area contributed by atoms with Crippen molar-refractivity contribution < 1.29 is 0 Å². The monoisotopic (exact) mass is 426 g/mol. The summed E-state index contributed by atoms with van der Waals surface area (Å²) in [5.41, 5.74) is 2.60. The number of nitrogens with zero attached hydrogens (tertiary/aromatic N) is 2. The van der Waals surface area contributed by atoms with E-state index in [-0.39, 0.29) is 10.8 Å². The van der Waals surface area contributed by atoms with E-state index < -0.39 is 0 Å². The zero-order valence-electron chi connectivity index (χ0n) is 13.9. The van der Waals surface area contributed by atoms with Crippen LogP contribution in [0, 0.1) is 0 Å². The molecule has 2 aromatic heterocycles. The quantitative estimate of drug-likeness (QED) is 0.453. The van der Waals surface area contributed by atoms with Crippen molar-refractivity contribution in [2.24, 2.45) is 0 Å². The van der Waals surface area contributed by atoms with Gasteiger partial charge in [-0.05, 0) is 36.8 Å². The number of hydrogen-bond acceptors (Lipinski definition) is 4. The van der Waals surface area contributed by atoms with Gasteiger partial charge in [-0.1, -0.05) is 52.0 Å². The Morgan fingerprint density at radius 2 is 1.85 bits per heavy atom. The van der Waals surface area contributed by atoms with Crippen LogP contribution < -0.4 is 5.56 Å².